The van der Waals surface area contributed by atoms with Gasteiger partial charge in [0.25, 0.3) is 0 Å². The first-order chi connectivity index (χ1) is 11.3. The Balaban J connectivity index is 1.77. The summed E-state index contributed by atoms with van der Waals surface area (Å²) >= 11 is 0. The number of ether oxygens (including phenoxy) is 3. The van der Waals surface area contributed by atoms with Crippen LogP contribution in [-0.4, -0.2) is 34.0 Å². The van der Waals surface area contributed by atoms with Crippen molar-refractivity contribution in [3.05, 3.63) is 35.4 Å². The molecule has 0 aromatic heterocycles. The first-order valence-corrected chi connectivity index (χ1v) is 8.50. The van der Waals surface area contributed by atoms with Gasteiger partial charge in [0.15, 0.2) is 11.5 Å². The van der Waals surface area contributed by atoms with E-state index in [1.54, 1.807) is 19.8 Å². The van der Waals surface area contributed by atoms with Crippen molar-refractivity contribution in [2.75, 3.05) is 34.0 Å². The first kappa shape index (κ1) is 17.8. The zero-order valence-corrected chi connectivity index (χ0v) is 14.4. The lowest BCUT2D eigenvalue weighted by molar-refractivity contribution is 0.144. The lowest BCUT2D eigenvalue weighted by Gasteiger charge is -2.14. The van der Waals surface area contributed by atoms with Crippen LogP contribution in [-0.2, 0) is 11.3 Å². The van der Waals surface area contributed by atoms with E-state index in [1.807, 2.05) is 12.1 Å². The maximum Gasteiger partial charge on any atom is 0.161 e. The van der Waals surface area contributed by atoms with Crippen LogP contribution in [0.5, 0.6) is 11.5 Å². The number of hydrogen-bond acceptors (Lipinski definition) is 4. The monoisotopic (exact) mass is 319 g/mol. The Labute approximate surface area is 139 Å². The van der Waals surface area contributed by atoms with Crippen LogP contribution in [0.4, 0.5) is 0 Å². The lowest BCUT2D eigenvalue weighted by atomic mass is 9.97. The molecular weight excluding hydrogens is 290 g/mol. The number of methoxy groups -OCH3 is 2. The van der Waals surface area contributed by atoms with E-state index in [0.29, 0.717) is 13.2 Å². The summed E-state index contributed by atoms with van der Waals surface area (Å²) in [5.74, 6) is 1.54. The third-order valence-electron chi connectivity index (χ3n) is 4.11. The molecule has 1 aliphatic carbocycles. The van der Waals surface area contributed by atoms with Gasteiger partial charge in [-0.2, -0.15) is 0 Å². The number of nitrogens with one attached hydrogen (secondary N) is 1. The average Bonchev–Trinajstić information content (AvgIpc) is 2.60. The number of benzene rings is 1. The summed E-state index contributed by atoms with van der Waals surface area (Å²) in [6.07, 6.45) is 8.83. The van der Waals surface area contributed by atoms with Gasteiger partial charge in [0.2, 0.25) is 0 Å². The van der Waals surface area contributed by atoms with Crippen molar-refractivity contribution in [1.82, 2.24) is 5.32 Å². The van der Waals surface area contributed by atoms with Gasteiger partial charge in [0.05, 0.1) is 13.7 Å². The van der Waals surface area contributed by atoms with Crippen LogP contribution in [0.2, 0.25) is 0 Å². The molecule has 1 aromatic rings. The highest BCUT2D eigenvalue weighted by atomic mass is 16.5. The highest BCUT2D eigenvalue weighted by Gasteiger charge is 2.06. The molecule has 0 amide bonds. The molecule has 0 radical (unpaired) electrons. The molecule has 2 rings (SSSR count). The lowest BCUT2D eigenvalue weighted by Crippen LogP contribution is -2.15. The van der Waals surface area contributed by atoms with Crippen molar-refractivity contribution in [1.29, 1.82) is 0 Å². The van der Waals surface area contributed by atoms with Gasteiger partial charge in [-0.1, -0.05) is 17.7 Å². The van der Waals surface area contributed by atoms with E-state index >= 15 is 0 Å². The van der Waals surface area contributed by atoms with Gasteiger partial charge < -0.3 is 19.5 Å². The summed E-state index contributed by atoms with van der Waals surface area (Å²) in [4.78, 5) is 0. The van der Waals surface area contributed by atoms with Crippen LogP contribution in [0, 0.1) is 0 Å². The average molecular weight is 319 g/mol. The van der Waals surface area contributed by atoms with Crippen LogP contribution in [0.1, 0.15) is 37.7 Å². The molecular formula is C19H29NO3. The van der Waals surface area contributed by atoms with E-state index in [9.17, 15) is 0 Å². The standard InChI is InChI=1S/C19H29NO3/c1-21-12-13-23-18-9-8-17(14-19(18)22-2)15-20-11-10-16-6-4-3-5-7-16/h6,8-9,14,20H,3-5,7,10-13,15H2,1-2H3. The van der Waals surface area contributed by atoms with Crippen LogP contribution in [0.3, 0.4) is 0 Å². The smallest absolute Gasteiger partial charge is 0.161 e. The van der Waals surface area contributed by atoms with E-state index in [0.717, 1.165) is 31.0 Å². The van der Waals surface area contributed by atoms with Crippen molar-refractivity contribution in [2.45, 2.75) is 38.6 Å². The minimum absolute atomic E-state index is 0.527. The van der Waals surface area contributed by atoms with Crippen LogP contribution in [0.15, 0.2) is 29.8 Å². The third kappa shape index (κ3) is 6.24. The second-order valence-electron chi connectivity index (χ2n) is 5.86. The van der Waals surface area contributed by atoms with Crippen molar-refractivity contribution in [2.24, 2.45) is 0 Å². The van der Waals surface area contributed by atoms with E-state index in [2.05, 4.69) is 17.5 Å². The van der Waals surface area contributed by atoms with Crippen molar-refractivity contribution in [3.63, 3.8) is 0 Å². The predicted octanol–water partition coefficient (Wildman–Crippen LogP) is 3.70. The second kappa shape index (κ2) is 10.3. The molecule has 4 nitrogen and oxygen atoms in total. The van der Waals surface area contributed by atoms with Gasteiger partial charge in [-0.3, -0.25) is 0 Å². The van der Waals surface area contributed by atoms with Gasteiger partial charge in [0.1, 0.15) is 6.61 Å². The van der Waals surface area contributed by atoms with Crippen LogP contribution in [0.25, 0.3) is 0 Å². The molecule has 23 heavy (non-hydrogen) atoms. The quantitative estimate of drug-likeness (QED) is 0.527. The Morgan fingerprint density at radius 2 is 2.00 bits per heavy atom. The molecule has 0 saturated heterocycles. The van der Waals surface area contributed by atoms with E-state index in [4.69, 9.17) is 14.2 Å². The summed E-state index contributed by atoms with van der Waals surface area (Å²) in [5, 5.41) is 3.51. The fourth-order valence-corrected chi connectivity index (χ4v) is 2.79. The fourth-order valence-electron chi connectivity index (χ4n) is 2.79. The maximum atomic E-state index is 5.65. The Kier molecular flexibility index (Phi) is 7.98. The van der Waals surface area contributed by atoms with Gasteiger partial charge >= 0.3 is 0 Å². The van der Waals surface area contributed by atoms with Crippen LogP contribution >= 0.6 is 0 Å². The van der Waals surface area contributed by atoms with Crippen LogP contribution < -0.4 is 14.8 Å². The maximum absolute atomic E-state index is 5.65. The largest absolute Gasteiger partial charge is 0.493 e. The molecule has 0 bridgehead atoms. The second-order valence-corrected chi connectivity index (χ2v) is 5.86. The highest BCUT2D eigenvalue weighted by Crippen LogP contribution is 2.28. The molecule has 4 heteroatoms. The molecule has 0 saturated carbocycles. The molecule has 1 N–H and O–H groups in total. The Morgan fingerprint density at radius 3 is 2.74 bits per heavy atom. The van der Waals surface area contributed by atoms with Gasteiger partial charge in [-0.15, -0.1) is 0 Å². The summed E-state index contributed by atoms with van der Waals surface area (Å²) in [6.45, 7) is 2.98. The van der Waals surface area contributed by atoms with E-state index in [1.165, 1.54) is 31.2 Å². The molecule has 0 unspecified atom stereocenters. The van der Waals surface area contributed by atoms with Gasteiger partial charge in [0, 0.05) is 13.7 Å². The summed E-state index contributed by atoms with van der Waals surface area (Å²) in [6, 6.07) is 6.09. The zero-order chi connectivity index (χ0) is 16.3. The number of allylic oxidation sites excluding steroid dienone is 1. The first-order valence-electron chi connectivity index (χ1n) is 8.50. The number of rotatable bonds is 10. The van der Waals surface area contributed by atoms with E-state index < -0.39 is 0 Å². The molecule has 0 aliphatic heterocycles. The van der Waals surface area contributed by atoms with Crippen molar-refractivity contribution < 1.29 is 14.2 Å². The molecule has 0 atom stereocenters. The van der Waals surface area contributed by atoms with Crippen molar-refractivity contribution >= 4 is 0 Å². The summed E-state index contributed by atoms with van der Waals surface area (Å²) < 4.78 is 16.1. The highest BCUT2D eigenvalue weighted by molar-refractivity contribution is 5.42. The minimum Gasteiger partial charge on any atom is -0.493 e. The fraction of sp³-hybridized carbons (Fsp3) is 0.579. The summed E-state index contributed by atoms with van der Waals surface area (Å²) in [5.41, 5.74) is 2.82. The normalized spacial score (nSPS) is 14.4. The molecule has 0 spiro atoms. The third-order valence-corrected chi connectivity index (χ3v) is 4.11. The zero-order valence-electron chi connectivity index (χ0n) is 14.4. The van der Waals surface area contributed by atoms with Gasteiger partial charge in [-0.25, -0.2) is 0 Å². The van der Waals surface area contributed by atoms with E-state index in [-0.39, 0.29) is 0 Å². The molecule has 128 valence electrons. The molecule has 1 aliphatic rings. The number of hydrogen-bond donors (Lipinski definition) is 1. The van der Waals surface area contributed by atoms with Gasteiger partial charge in [-0.05, 0) is 56.3 Å². The molecule has 1 aromatic carbocycles. The Hall–Kier alpha value is -1.52. The topological polar surface area (TPSA) is 39.7 Å². The van der Waals surface area contributed by atoms with Crippen molar-refractivity contribution in [3.8, 4) is 11.5 Å². The molecule has 0 fully saturated rings. The SMILES string of the molecule is COCCOc1ccc(CNCCC2=CCCCC2)cc1OC. The molecule has 0 heterocycles. The summed E-state index contributed by atoms with van der Waals surface area (Å²) in [7, 11) is 3.34. The predicted molar refractivity (Wildman–Crippen MR) is 93.2 cm³/mol. The minimum atomic E-state index is 0.527. The Bertz CT molecular complexity index is 499. The Morgan fingerprint density at radius 1 is 1.09 bits per heavy atom.